The molecule has 0 aliphatic heterocycles. The molecule has 17 heavy (non-hydrogen) atoms. The molecule has 5 nitrogen and oxygen atoms in total. The molecule has 2 heterocycles. The first-order valence-corrected chi connectivity index (χ1v) is 5.17. The van der Waals surface area contributed by atoms with E-state index in [1.807, 2.05) is 24.3 Å². The van der Waals surface area contributed by atoms with E-state index in [2.05, 4.69) is 15.1 Å². The normalized spacial score (nSPS) is 10.6. The largest absolute Gasteiger partial charge is 0.497 e. The topological polar surface area (TPSA) is 52.3 Å². The minimum Gasteiger partial charge on any atom is -0.497 e. The summed E-state index contributed by atoms with van der Waals surface area (Å²) in [7, 11) is 1.65. The molecule has 0 amide bonds. The van der Waals surface area contributed by atoms with Gasteiger partial charge in [-0.3, -0.25) is 0 Å². The first-order valence-electron chi connectivity index (χ1n) is 5.17. The molecule has 2 aromatic heterocycles. The van der Waals surface area contributed by atoms with Crippen LogP contribution in [0, 0.1) is 0 Å². The Kier molecular flexibility index (Phi) is 2.22. The van der Waals surface area contributed by atoms with E-state index >= 15 is 0 Å². The van der Waals surface area contributed by atoms with Gasteiger partial charge in [0.05, 0.1) is 31.4 Å². The summed E-state index contributed by atoms with van der Waals surface area (Å²) in [6.45, 7) is 0. The number of nitrogens with zero attached hydrogens (tertiary/aromatic N) is 4. The van der Waals surface area contributed by atoms with Gasteiger partial charge in [-0.05, 0) is 12.1 Å². The van der Waals surface area contributed by atoms with Crippen LogP contribution in [0.3, 0.4) is 0 Å². The standard InChI is InChI=1S/C12H10N4O/c1-17-10-4-2-3-9(7-10)11-8-14-12-13-5-6-15-16(11)12/h2-8H,1H3. The Labute approximate surface area is 97.7 Å². The van der Waals surface area contributed by atoms with Gasteiger partial charge in [-0.1, -0.05) is 12.1 Å². The molecule has 1 aromatic carbocycles. The fourth-order valence-corrected chi connectivity index (χ4v) is 1.71. The zero-order chi connectivity index (χ0) is 11.7. The molecule has 0 bridgehead atoms. The van der Waals surface area contributed by atoms with Gasteiger partial charge in [0, 0.05) is 5.56 Å². The van der Waals surface area contributed by atoms with E-state index < -0.39 is 0 Å². The van der Waals surface area contributed by atoms with Gasteiger partial charge in [0.15, 0.2) is 0 Å². The smallest absolute Gasteiger partial charge is 0.251 e. The van der Waals surface area contributed by atoms with Crippen molar-refractivity contribution in [1.29, 1.82) is 0 Å². The highest BCUT2D eigenvalue weighted by molar-refractivity contribution is 5.63. The predicted octanol–water partition coefficient (Wildman–Crippen LogP) is 1.80. The third-order valence-corrected chi connectivity index (χ3v) is 2.52. The van der Waals surface area contributed by atoms with Gasteiger partial charge in [-0.25, -0.2) is 9.97 Å². The Morgan fingerprint density at radius 3 is 3.00 bits per heavy atom. The third kappa shape index (κ3) is 1.61. The number of hydrogen-bond donors (Lipinski definition) is 0. The fraction of sp³-hybridized carbons (Fsp3) is 0.0833. The number of rotatable bonds is 2. The lowest BCUT2D eigenvalue weighted by atomic mass is 10.1. The van der Waals surface area contributed by atoms with E-state index in [4.69, 9.17) is 4.74 Å². The average Bonchev–Trinajstić information content (AvgIpc) is 2.82. The van der Waals surface area contributed by atoms with Crippen molar-refractivity contribution in [2.45, 2.75) is 0 Å². The van der Waals surface area contributed by atoms with Crippen LogP contribution < -0.4 is 4.74 Å². The predicted molar refractivity (Wildman–Crippen MR) is 62.8 cm³/mol. The van der Waals surface area contributed by atoms with Crippen molar-refractivity contribution < 1.29 is 4.74 Å². The Morgan fingerprint density at radius 1 is 1.18 bits per heavy atom. The fourth-order valence-electron chi connectivity index (χ4n) is 1.71. The van der Waals surface area contributed by atoms with Crippen molar-refractivity contribution >= 4 is 5.78 Å². The highest BCUT2D eigenvalue weighted by atomic mass is 16.5. The SMILES string of the molecule is COc1cccc(-c2cnc3nccnn23)c1. The number of hydrogen-bond acceptors (Lipinski definition) is 4. The summed E-state index contributed by atoms with van der Waals surface area (Å²) in [6, 6.07) is 7.76. The number of benzene rings is 1. The molecule has 0 fully saturated rings. The summed E-state index contributed by atoms with van der Waals surface area (Å²) in [5, 5.41) is 4.22. The zero-order valence-corrected chi connectivity index (χ0v) is 9.24. The van der Waals surface area contributed by atoms with Gasteiger partial charge in [0.1, 0.15) is 5.75 Å². The monoisotopic (exact) mass is 226 g/mol. The van der Waals surface area contributed by atoms with Crippen LogP contribution in [0.4, 0.5) is 0 Å². The Morgan fingerprint density at radius 2 is 2.12 bits per heavy atom. The summed E-state index contributed by atoms with van der Waals surface area (Å²) < 4.78 is 6.90. The first kappa shape index (κ1) is 9.77. The molecule has 3 rings (SSSR count). The molecule has 0 saturated carbocycles. The number of methoxy groups -OCH3 is 1. The molecule has 0 saturated heterocycles. The second-order valence-electron chi connectivity index (χ2n) is 3.53. The molecule has 0 N–H and O–H groups in total. The molecule has 0 aliphatic rings. The number of aromatic nitrogens is 4. The van der Waals surface area contributed by atoms with Crippen molar-refractivity contribution in [1.82, 2.24) is 19.6 Å². The summed E-state index contributed by atoms with van der Waals surface area (Å²) >= 11 is 0. The molecule has 0 unspecified atom stereocenters. The molecular weight excluding hydrogens is 216 g/mol. The number of fused-ring (bicyclic) bond motifs is 1. The van der Waals surface area contributed by atoms with Gasteiger partial charge in [-0.15, -0.1) is 0 Å². The van der Waals surface area contributed by atoms with Crippen LogP contribution in [0.15, 0.2) is 42.9 Å². The van der Waals surface area contributed by atoms with Crippen molar-refractivity contribution in [2.75, 3.05) is 7.11 Å². The van der Waals surface area contributed by atoms with Crippen LogP contribution in [0.2, 0.25) is 0 Å². The van der Waals surface area contributed by atoms with Gasteiger partial charge in [0.2, 0.25) is 0 Å². The van der Waals surface area contributed by atoms with Crippen LogP contribution in [0.5, 0.6) is 5.75 Å². The second-order valence-corrected chi connectivity index (χ2v) is 3.53. The first-order chi connectivity index (χ1) is 8.38. The Balaban J connectivity index is 2.20. The molecule has 5 heteroatoms. The lowest BCUT2D eigenvalue weighted by Gasteiger charge is -2.03. The van der Waals surface area contributed by atoms with Crippen molar-refractivity contribution in [3.05, 3.63) is 42.9 Å². The number of imidazole rings is 1. The van der Waals surface area contributed by atoms with Crippen LogP contribution >= 0.6 is 0 Å². The Bertz CT molecular complexity index is 662. The van der Waals surface area contributed by atoms with Gasteiger partial charge in [-0.2, -0.15) is 9.61 Å². The van der Waals surface area contributed by atoms with Crippen molar-refractivity contribution in [2.24, 2.45) is 0 Å². The maximum atomic E-state index is 5.20. The molecule has 0 radical (unpaired) electrons. The van der Waals surface area contributed by atoms with Crippen molar-refractivity contribution in [3.63, 3.8) is 0 Å². The molecule has 0 aliphatic carbocycles. The highest BCUT2D eigenvalue weighted by Gasteiger charge is 2.07. The van der Waals surface area contributed by atoms with E-state index in [0.29, 0.717) is 5.78 Å². The van der Waals surface area contributed by atoms with E-state index in [1.54, 1.807) is 30.2 Å². The summed E-state index contributed by atoms with van der Waals surface area (Å²) in [5.74, 6) is 1.40. The molecule has 84 valence electrons. The van der Waals surface area contributed by atoms with E-state index in [0.717, 1.165) is 17.0 Å². The molecule has 0 atom stereocenters. The third-order valence-electron chi connectivity index (χ3n) is 2.52. The highest BCUT2D eigenvalue weighted by Crippen LogP contribution is 2.23. The number of ether oxygens (including phenoxy) is 1. The zero-order valence-electron chi connectivity index (χ0n) is 9.24. The maximum absolute atomic E-state index is 5.20. The Hall–Kier alpha value is -2.43. The molecule has 0 spiro atoms. The van der Waals surface area contributed by atoms with Crippen LogP contribution in [-0.2, 0) is 0 Å². The molecule has 3 aromatic rings. The van der Waals surface area contributed by atoms with Crippen LogP contribution in [0.25, 0.3) is 17.0 Å². The minimum atomic E-state index is 0.588. The maximum Gasteiger partial charge on any atom is 0.251 e. The van der Waals surface area contributed by atoms with E-state index in [-0.39, 0.29) is 0 Å². The average molecular weight is 226 g/mol. The van der Waals surface area contributed by atoms with E-state index in [1.165, 1.54) is 0 Å². The van der Waals surface area contributed by atoms with E-state index in [9.17, 15) is 0 Å². The summed E-state index contributed by atoms with van der Waals surface area (Å²) in [5.41, 5.74) is 1.89. The minimum absolute atomic E-state index is 0.588. The lowest BCUT2D eigenvalue weighted by Crippen LogP contribution is -1.95. The summed E-state index contributed by atoms with van der Waals surface area (Å²) in [4.78, 5) is 8.33. The van der Waals surface area contributed by atoms with Crippen molar-refractivity contribution in [3.8, 4) is 17.0 Å². The van der Waals surface area contributed by atoms with Gasteiger partial charge < -0.3 is 4.74 Å². The quantitative estimate of drug-likeness (QED) is 0.668. The van der Waals surface area contributed by atoms with Crippen LogP contribution in [0.1, 0.15) is 0 Å². The van der Waals surface area contributed by atoms with Gasteiger partial charge >= 0.3 is 0 Å². The second kappa shape index (κ2) is 3.86. The van der Waals surface area contributed by atoms with Gasteiger partial charge in [0.25, 0.3) is 5.78 Å². The summed E-state index contributed by atoms with van der Waals surface area (Å²) in [6.07, 6.45) is 5.01. The molecular formula is C12H10N4O. The van der Waals surface area contributed by atoms with Crippen LogP contribution in [-0.4, -0.2) is 26.7 Å². The lowest BCUT2D eigenvalue weighted by molar-refractivity contribution is 0.415.